The van der Waals surface area contributed by atoms with E-state index >= 15 is 0 Å². The van der Waals surface area contributed by atoms with Gasteiger partial charge in [-0.25, -0.2) is 4.98 Å². The summed E-state index contributed by atoms with van der Waals surface area (Å²) in [4.78, 5) is 21.7. The molecule has 5 nitrogen and oxygen atoms in total. The summed E-state index contributed by atoms with van der Waals surface area (Å²) in [6.45, 7) is 12.1. The number of hydrogen-bond donors (Lipinski definition) is 1. The third kappa shape index (κ3) is 5.42. The van der Waals surface area contributed by atoms with Crippen molar-refractivity contribution in [1.29, 1.82) is 0 Å². The van der Waals surface area contributed by atoms with E-state index in [9.17, 15) is 4.79 Å². The smallest absolute Gasteiger partial charge is 0.224 e. The third-order valence-electron chi connectivity index (χ3n) is 4.72. The number of carbonyl (C=O) groups excluding carboxylic acids is 1. The summed E-state index contributed by atoms with van der Waals surface area (Å²) < 4.78 is 0. The molecule has 2 aliphatic heterocycles. The van der Waals surface area contributed by atoms with Crippen LogP contribution in [-0.2, 0) is 16.8 Å². The Morgan fingerprint density at radius 1 is 1.32 bits per heavy atom. The predicted octanol–water partition coefficient (Wildman–Crippen LogP) is 2.18. The molecule has 1 aromatic heterocycles. The molecule has 1 atom stereocenters. The number of rotatable bonds is 4. The van der Waals surface area contributed by atoms with Crippen LogP contribution in [0.25, 0.3) is 0 Å². The van der Waals surface area contributed by atoms with E-state index in [-0.39, 0.29) is 5.41 Å². The van der Waals surface area contributed by atoms with Crippen LogP contribution in [0.5, 0.6) is 0 Å². The standard InChI is InChI=1S/C18H30N4OS2/c1-18(2,3)17-20-15(13-25-17)11-21-5-7-22(8-6-21)16(23)10-14-12-24-9-4-19-14/h13-14,19H,4-12H2,1-3H3. The minimum absolute atomic E-state index is 0.124. The van der Waals surface area contributed by atoms with Gasteiger partial charge in [0.15, 0.2) is 0 Å². The second-order valence-electron chi connectivity index (χ2n) is 7.98. The second-order valence-corrected chi connectivity index (χ2v) is 9.99. The lowest BCUT2D eigenvalue weighted by Gasteiger charge is -2.35. The number of hydrogen-bond acceptors (Lipinski definition) is 6. The molecule has 0 bridgehead atoms. The van der Waals surface area contributed by atoms with Gasteiger partial charge in [0.2, 0.25) is 5.91 Å². The van der Waals surface area contributed by atoms with E-state index < -0.39 is 0 Å². The Labute approximate surface area is 159 Å². The summed E-state index contributed by atoms with van der Waals surface area (Å²) in [5, 5.41) is 6.85. The molecule has 1 aromatic rings. The fourth-order valence-electron chi connectivity index (χ4n) is 3.20. The second kappa shape index (κ2) is 8.37. The summed E-state index contributed by atoms with van der Waals surface area (Å²) in [5.41, 5.74) is 1.29. The third-order valence-corrected chi connectivity index (χ3v) is 7.17. The minimum Gasteiger partial charge on any atom is -0.340 e. The summed E-state index contributed by atoms with van der Waals surface area (Å²) >= 11 is 3.71. The van der Waals surface area contributed by atoms with E-state index in [1.54, 1.807) is 11.3 Å². The van der Waals surface area contributed by atoms with Crippen molar-refractivity contribution >= 4 is 29.0 Å². The van der Waals surface area contributed by atoms with Gasteiger partial charge in [-0.2, -0.15) is 11.8 Å². The first-order chi connectivity index (χ1) is 11.9. The van der Waals surface area contributed by atoms with Crippen LogP contribution >= 0.6 is 23.1 Å². The summed E-state index contributed by atoms with van der Waals surface area (Å²) in [5.74, 6) is 2.53. The topological polar surface area (TPSA) is 48.5 Å². The largest absolute Gasteiger partial charge is 0.340 e. The zero-order valence-corrected chi connectivity index (χ0v) is 17.2. The molecular weight excluding hydrogens is 352 g/mol. The number of nitrogens with zero attached hydrogens (tertiary/aromatic N) is 3. The first kappa shape index (κ1) is 19.1. The number of thiazole rings is 1. The Morgan fingerprint density at radius 3 is 2.68 bits per heavy atom. The van der Waals surface area contributed by atoms with Gasteiger partial charge < -0.3 is 10.2 Å². The molecule has 0 spiro atoms. The first-order valence-corrected chi connectivity index (χ1v) is 11.2. The quantitative estimate of drug-likeness (QED) is 0.865. The number of aromatic nitrogens is 1. The molecule has 2 fully saturated rings. The fraction of sp³-hybridized carbons (Fsp3) is 0.778. The van der Waals surface area contributed by atoms with Crippen LogP contribution < -0.4 is 5.32 Å². The van der Waals surface area contributed by atoms with E-state index in [0.29, 0.717) is 18.4 Å². The number of thioether (sulfide) groups is 1. The van der Waals surface area contributed by atoms with Gasteiger partial charge >= 0.3 is 0 Å². The van der Waals surface area contributed by atoms with Gasteiger partial charge in [-0.05, 0) is 0 Å². The molecule has 0 saturated carbocycles. The average Bonchev–Trinajstić information content (AvgIpc) is 3.05. The number of piperazine rings is 1. The molecule has 0 aliphatic carbocycles. The summed E-state index contributed by atoms with van der Waals surface area (Å²) in [7, 11) is 0. The van der Waals surface area contributed by atoms with Crippen molar-refractivity contribution in [3.63, 3.8) is 0 Å². The van der Waals surface area contributed by atoms with Crippen molar-refractivity contribution in [3.05, 3.63) is 16.1 Å². The van der Waals surface area contributed by atoms with E-state index in [4.69, 9.17) is 4.98 Å². The van der Waals surface area contributed by atoms with Crippen LogP contribution in [0.4, 0.5) is 0 Å². The predicted molar refractivity (Wildman–Crippen MR) is 106 cm³/mol. The number of amides is 1. The molecule has 0 radical (unpaired) electrons. The van der Waals surface area contributed by atoms with Gasteiger partial charge in [-0.1, -0.05) is 20.8 Å². The monoisotopic (exact) mass is 382 g/mol. The van der Waals surface area contributed by atoms with Gasteiger partial charge in [0.05, 0.1) is 10.7 Å². The van der Waals surface area contributed by atoms with Crippen LogP contribution in [0.2, 0.25) is 0 Å². The maximum absolute atomic E-state index is 12.5. The Kier molecular flexibility index (Phi) is 6.41. The van der Waals surface area contributed by atoms with Gasteiger partial charge in [0.25, 0.3) is 0 Å². The molecule has 25 heavy (non-hydrogen) atoms. The Bertz CT molecular complexity index is 570. The van der Waals surface area contributed by atoms with E-state index in [0.717, 1.165) is 56.5 Å². The Balaban J connectivity index is 1.43. The zero-order valence-electron chi connectivity index (χ0n) is 15.6. The molecule has 2 saturated heterocycles. The lowest BCUT2D eigenvalue weighted by atomic mass is 9.98. The lowest BCUT2D eigenvalue weighted by Crippen LogP contribution is -2.50. The Morgan fingerprint density at radius 2 is 2.08 bits per heavy atom. The van der Waals surface area contributed by atoms with Crippen molar-refractivity contribution in [3.8, 4) is 0 Å². The molecule has 0 aromatic carbocycles. The molecular formula is C18H30N4OS2. The van der Waals surface area contributed by atoms with Crippen molar-refractivity contribution in [2.45, 2.75) is 45.2 Å². The maximum Gasteiger partial charge on any atom is 0.224 e. The molecule has 7 heteroatoms. The normalized spacial score (nSPS) is 23.0. The Hall–Kier alpha value is -0.630. The summed E-state index contributed by atoms with van der Waals surface area (Å²) in [6.07, 6.45) is 0.647. The highest BCUT2D eigenvalue weighted by molar-refractivity contribution is 7.99. The van der Waals surface area contributed by atoms with Crippen LogP contribution in [0.1, 0.15) is 37.9 Å². The lowest BCUT2D eigenvalue weighted by molar-refractivity contribution is -0.133. The van der Waals surface area contributed by atoms with Crippen molar-refractivity contribution in [1.82, 2.24) is 20.1 Å². The van der Waals surface area contributed by atoms with E-state index in [1.807, 2.05) is 16.7 Å². The highest BCUT2D eigenvalue weighted by Crippen LogP contribution is 2.26. The zero-order chi connectivity index (χ0) is 17.9. The summed E-state index contributed by atoms with van der Waals surface area (Å²) in [6, 6.07) is 0.357. The van der Waals surface area contributed by atoms with Crippen LogP contribution in [0, 0.1) is 0 Å². The van der Waals surface area contributed by atoms with Crippen LogP contribution in [0.3, 0.4) is 0 Å². The van der Waals surface area contributed by atoms with Gasteiger partial charge in [0, 0.05) is 74.0 Å². The molecule has 3 rings (SSSR count). The van der Waals surface area contributed by atoms with Crippen molar-refractivity contribution in [2.24, 2.45) is 0 Å². The molecule has 3 heterocycles. The van der Waals surface area contributed by atoms with Crippen molar-refractivity contribution in [2.75, 3.05) is 44.2 Å². The van der Waals surface area contributed by atoms with E-state index in [1.165, 1.54) is 5.01 Å². The SMILES string of the molecule is CC(C)(C)c1nc(CN2CCN(C(=O)CC3CSCCN3)CC2)cs1. The maximum atomic E-state index is 12.5. The van der Waals surface area contributed by atoms with Crippen molar-refractivity contribution < 1.29 is 4.79 Å². The van der Waals surface area contributed by atoms with Crippen LogP contribution in [-0.4, -0.2) is 71.0 Å². The van der Waals surface area contributed by atoms with Gasteiger partial charge in [-0.3, -0.25) is 9.69 Å². The minimum atomic E-state index is 0.124. The van der Waals surface area contributed by atoms with Gasteiger partial charge in [-0.15, -0.1) is 11.3 Å². The molecule has 1 N–H and O–H groups in total. The van der Waals surface area contributed by atoms with E-state index in [2.05, 4.69) is 36.4 Å². The molecule has 1 unspecified atom stereocenters. The first-order valence-electron chi connectivity index (χ1n) is 9.18. The highest BCUT2D eigenvalue weighted by atomic mass is 32.2. The van der Waals surface area contributed by atoms with Gasteiger partial charge in [0.1, 0.15) is 0 Å². The molecule has 1 amide bonds. The average molecular weight is 383 g/mol. The molecule has 2 aliphatic rings. The van der Waals surface area contributed by atoms with Crippen LogP contribution in [0.15, 0.2) is 5.38 Å². The fourth-order valence-corrected chi connectivity index (χ4v) is 5.05. The molecule has 140 valence electrons. The number of carbonyl (C=O) groups is 1. The highest BCUT2D eigenvalue weighted by Gasteiger charge is 2.25. The number of nitrogens with one attached hydrogen (secondary N) is 1.